The Morgan fingerprint density at radius 3 is 2.07 bits per heavy atom. The van der Waals surface area contributed by atoms with Crippen LogP contribution in [0.25, 0.3) is 0 Å². The summed E-state index contributed by atoms with van der Waals surface area (Å²) in [7, 11) is 1.47. The molecular formula is C20H30INO5. The lowest BCUT2D eigenvalue weighted by atomic mass is 10.0. The number of rotatable bonds is 6. The Labute approximate surface area is 175 Å². The van der Waals surface area contributed by atoms with E-state index < -0.39 is 29.3 Å². The summed E-state index contributed by atoms with van der Waals surface area (Å²) in [5, 5.41) is 0. The minimum Gasteiger partial charge on any atom is -0.458 e. The van der Waals surface area contributed by atoms with Gasteiger partial charge in [-0.15, -0.1) is 0 Å². The van der Waals surface area contributed by atoms with Gasteiger partial charge in [0.15, 0.2) is 0 Å². The third kappa shape index (κ3) is 8.47. The molecule has 152 valence electrons. The van der Waals surface area contributed by atoms with Gasteiger partial charge < -0.3 is 14.2 Å². The van der Waals surface area contributed by atoms with Gasteiger partial charge in [-0.05, 0) is 75.8 Å². The molecule has 27 heavy (non-hydrogen) atoms. The van der Waals surface area contributed by atoms with Crippen LogP contribution in [0.3, 0.4) is 0 Å². The molecule has 0 spiro atoms. The van der Waals surface area contributed by atoms with Gasteiger partial charge in [-0.3, -0.25) is 4.90 Å². The number of halogens is 1. The standard InChI is InChI=1S/C20H30INO5/c1-19(2,3)26-17(23)16(12-14-10-8-9-11-15(14)21)22(13-25-7)18(24)27-20(4,5)6/h8-11,16H,12-13H2,1-7H3/t16-/m0/s1. The highest BCUT2D eigenvalue weighted by atomic mass is 127. The van der Waals surface area contributed by atoms with Gasteiger partial charge >= 0.3 is 12.1 Å². The first kappa shape index (κ1) is 23.7. The SMILES string of the molecule is COCN(C(=O)OC(C)(C)C)[C@@H](Cc1ccccc1I)C(=O)OC(C)(C)C. The Hall–Kier alpha value is -1.35. The maximum Gasteiger partial charge on any atom is 0.412 e. The summed E-state index contributed by atoms with van der Waals surface area (Å²) in [6.45, 7) is 10.6. The van der Waals surface area contributed by atoms with Crippen molar-refractivity contribution in [1.82, 2.24) is 4.90 Å². The number of nitrogens with zero attached hydrogens (tertiary/aromatic N) is 1. The molecule has 1 amide bonds. The third-order valence-electron chi connectivity index (χ3n) is 3.32. The predicted molar refractivity (Wildman–Crippen MR) is 112 cm³/mol. The first-order chi connectivity index (χ1) is 12.3. The first-order valence-electron chi connectivity index (χ1n) is 8.79. The van der Waals surface area contributed by atoms with Crippen LogP contribution >= 0.6 is 22.6 Å². The van der Waals surface area contributed by atoms with Gasteiger partial charge in [0.2, 0.25) is 0 Å². The zero-order chi connectivity index (χ0) is 20.8. The molecule has 0 heterocycles. The van der Waals surface area contributed by atoms with E-state index in [4.69, 9.17) is 14.2 Å². The Balaban J connectivity index is 3.23. The van der Waals surface area contributed by atoms with Crippen LogP contribution in [0.15, 0.2) is 24.3 Å². The van der Waals surface area contributed by atoms with Crippen molar-refractivity contribution in [3.05, 3.63) is 33.4 Å². The van der Waals surface area contributed by atoms with Gasteiger partial charge in [0, 0.05) is 17.1 Å². The monoisotopic (exact) mass is 491 g/mol. The fourth-order valence-electron chi connectivity index (χ4n) is 2.29. The Bertz CT molecular complexity index is 649. The largest absolute Gasteiger partial charge is 0.458 e. The summed E-state index contributed by atoms with van der Waals surface area (Å²) < 4.78 is 17.2. The number of benzene rings is 1. The average molecular weight is 491 g/mol. The fourth-order valence-corrected chi connectivity index (χ4v) is 2.90. The molecule has 0 fully saturated rings. The molecule has 1 aromatic rings. The third-order valence-corrected chi connectivity index (χ3v) is 4.37. The Morgan fingerprint density at radius 2 is 1.59 bits per heavy atom. The summed E-state index contributed by atoms with van der Waals surface area (Å²) in [6, 6.07) is 6.84. The number of carbonyl (C=O) groups excluding carboxylic acids is 2. The Morgan fingerprint density at radius 1 is 1.04 bits per heavy atom. The van der Waals surface area contributed by atoms with Crippen LogP contribution in [0.1, 0.15) is 47.1 Å². The smallest absolute Gasteiger partial charge is 0.412 e. The van der Waals surface area contributed by atoms with Crippen molar-refractivity contribution in [1.29, 1.82) is 0 Å². The number of amides is 1. The van der Waals surface area contributed by atoms with Crippen molar-refractivity contribution < 1.29 is 23.8 Å². The highest BCUT2D eigenvalue weighted by Crippen LogP contribution is 2.21. The molecule has 6 nitrogen and oxygen atoms in total. The molecule has 0 aliphatic heterocycles. The predicted octanol–water partition coefficient (Wildman–Crippen LogP) is 4.39. The van der Waals surface area contributed by atoms with Crippen molar-refractivity contribution in [2.24, 2.45) is 0 Å². The second kappa shape index (κ2) is 9.73. The fraction of sp³-hybridized carbons (Fsp3) is 0.600. The normalized spacial score (nSPS) is 13.0. The van der Waals surface area contributed by atoms with E-state index in [9.17, 15) is 9.59 Å². The van der Waals surface area contributed by atoms with Crippen LogP contribution in [-0.2, 0) is 25.4 Å². The molecule has 0 unspecified atom stereocenters. The zero-order valence-electron chi connectivity index (χ0n) is 17.2. The van der Waals surface area contributed by atoms with Crippen LogP contribution in [0.4, 0.5) is 4.79 Å². The van der Waals surface area contributed by atoms with E-state index in [0.717, 1.165) is 9.13 Å². The van der Waals surface area contributed by atoms with E-state index in [1.54, 1.807) is 41.5 Å². The zero-order valence-corrected chi connectivity index (χ0v) is 19.3. The van der Waals surface area contributed by atoms with Crippen molar-refractivity contribution in [2.75, 3.05) is 13.8 Å². The molecule has 1 atom stereocenters. The maximum atomic E-state index is 12.9. The number of esters is 1. The molecule has 0 aliphatic carbocycles. The lowest BCUT2D eigenvalue weighted by molar-refractivity contribution is -0.163. The summed E-state index contributed by atoms with van der Waals surface area (Å²) >= 11 is 2.21. The van der Waals surface area contributed by atoms with E-state index in [-0.39, 0.29) is 6.73 Å². The minimum atomic E-state index is -0.866. The molecule has 1 rings (SSSR count). The van der Waals surface area contributed by atoms with Gasteiger partial charge in [0.25, 0.3) is 0 Å². The lowest BCUT2D eigenvalue weighted by Crippen LogP contribution is -2.51. The number of carbonyl (C=O) groups is 2. The van der Waals surface area contributed by atoms with Crippen LogP contribution in [0.5, 0.6) is 0 Å². The molecule has 0 aliphatic rings. The number of methoxy groups -OCH3 is 1. The molecule has 0 aromatic heterocycles. The molecule has 7 heteroatoms. The quantitative estimate of drug-likeness (QED) is 0.336. The molecule has 1 aromatic carbocycles. The van der Waals surface area contributed by atoms with Crippen LogP contribution in [-0.4, -0.2) is 48.0 Å². The molecule has 0 N–H and O–H groups in total. The van der Waals surface area contributed by atoms with E-state index in [1.165, 1.54) is 12.0 Å². The van der Waals surface area contributed by atoms with E-state index in [2.05, 4.69) is 22.6 Å². The van der Waals surface area contributed by atoms with Crippen molar-refractivity contribution in [3.63, 3.8) is 0 Å². The van der Waals surface area contributed by atoms with E-state index >= 15 is 0 Å². The second-order valence-corrected chi connectivity index (χ2v) is 9.37. The maximum absolute atomic E-state index is 12.9. The highest BCUT2D eigenvalue weighted by molar-refractivity contribution is 14.1. The average Bonchev–Trinajstić information content (AvgIpc) is 2.48. The van der Waals surface area contributed by atoms with Crippen molar-refractivity contribution in [2.45, 2.75) is 65.2 Å². The van der Waals surface area contributed by atoms with Gasteiger partial charge in [-0.1, -0.05) is 18.2 Å². The highest BCUT2D eigenvalue weighted by Gasteiger charge is 2.36. The van der Waals surface area contributed by atoms with Gasteiger partial charge in [-0.25, -0.2) is 9.59 Å². The molecule has 0 bridgehead atoms. The number of hydrogen-bond acceptors (Lipinski definition) is 5. The van der Waals surface area contributed by atoms with E-state index in [0.29, 0.717) is 6.42 Å². The van der Waals surface area contributed by atoms with Crippen molar-refractivity contribution in [3.8, 4) is 0 Å². The Kier molecular flexibility index (Phi) is 8.53. The number of ether oxygens (including phenoxy) is 3. The topological polar surface area (TPSA) is 65.1 Å². The second-order valence-electron chi connectivity index (χ2n) is 8.21. The summed E-state index contributed by atoms with van der Waals surface area (Å²) in [4.78, 5) is 27.0. The van der Waals surface area contributed by atoms with E-state index in [1.807, 2.05) is 24.3 Å². The number of hydrogen-bond donors (Lipinski definition) is 0. The molecular weight excluding hydrogens is 461 g/mol. The molecule has 0 radical (unpaired) electrons. The minimum absolute atomic E-state index is 0.0811. The lowest BCUT2D eigenvalue weighted by Gasteiger charge is -2.33. The summed E-state index contributed by atoms with van der Waals surface area (Å²) in [6.07, 6.45) is -0.317. The van der Waals surface area contributed by atoms with Gasteiger partial charge in [0.1, 0.15) is 24.0 Å². The van der Waals surface area contributed by atoms with Crippen LogP contribution in [0, 0.1) is 3.57 Å². The first-order valence-corrected chi connectivity index (χ1v) is 9.87. The molecule has 0 saturated heterocycles. The summed E-state index contributed by atoms with van der Waals surface area (Å²) in [5.74, 6) is -0.495. The van der Waals surface area contributed by atoms with Gasteiger partial charge in [-0.2, -0.15) is 0 Å². The summed E-state index contributed by atoms with van der Waals surface area (Å²) in [5.41, 5.74) is -0.423. The van der Waals surface area contributed by atoms with Crippen molar-refractivity contribution >= 4 is 34.7 Å². The van der Waals surface area contributed by atoms with Crippen LogP contribution < -0.4 is 0 Å². The van der Waals surface area contributed by atoms with Gasteiger partial charge in [0.05, 0.1) is 0 Å². The molecule has 0 saturated carbocycles. The van der Waals surface area contributed by atoms with Crippen LogP contribution in [0.2, 0.25) is 0 Å².